The van der Waals surface area contributed by atoms with Crippen LogP contribution in [0, 0.1) is 19.7 Å². The third-order valence-corrected chi connectivity index (χ3v) is 5.23. The molecule has 1 aliphatic heterocycles. The van der Waals surface area contributed by atoms with Gasteiger partial charge >= 0.3 is 5.63 Å². The van der Waals surface area contributed by atoms with E-state index in [1.54, 1.807) is 6.07 Å². The predicted octanol–water partition coefficient (Wildman–Crippen LogP) is 3.87. The van der Waals surface area contributed by atoms with Gasteiger partial charge in [-0.3, -0.25) is 4.90 Å². The zero-order valence-corrected chi connectivity index (χ0v) is 15.7. The minimum atomic E-state index is -0.299. The summed E-state index contributed by atoms with van der Waals surface area (Å²) in [4.78, 5) is 16.6. The van der Waals surface area contributed by atoms with Gasteiger partial charge in [0.1, 0.15) is 11.4 Å². The van der Waals surface area contributed by atoms with E-state index in [0.717, 1.165) is 60.5 Å². The van der Waals surface area contributed by atoms with E-state index in [2.05, 4.69) is 22.8 Å². The van der Waals surface area contributed by atoms with Gasteiger partial charge in [-0.15, -0.1) is 0 Å². The third-order valence-electron chi connectivity index (χ3n) is 5.23. The quantitative estimate of drug-likeness (QED) is 0.660. The van der Waals surface area contributed by atoms with Gasteiger partial charge in [0.2, 0.25) is 0 Å². The second kappa shape index (κ2) is 7.16. The van der Waals surface area contributed by atoms with Crippen LogP contribution in [0.15, 0.2) is 51.7 Å². The second-order valence-corrected chi connectivity index (χ2v) is 7.29. The van der Waals surface area contributed by atoms with E-state index in [1.165, 1.54) is 12.1 Å². The summed E-state index contributed by atoms with van der Waals surface area (Å²) in [6.45, 7) is 8.34. The van der Waals surface area contributed by atoms with Gasteiger partial charge in [0.25, 0.3) is 0 Å². The lowest BCUT2D eigenvalue weighted by molar-refractivity contribution is 0.250. The molecule has 1 saturated heterocycles. The highest BCUT2D eigenvalue weighted by molar-refractivity contribution is 5.84. The molecule has 27 heavy (non-hydrogen) atoms. The SMILES string of the molecule is Cc1cc(C)c2c(CN3CCN(c4ccc(F)cc4)CC3)cc(=O)oc2c1. The fourth-order valence-electron chi connectivity index (χ4n) is 3.95. The van der Waals surface area contributed by atoms with Crippen molar-refractivity contribution in [1.29, 1.82) is 0 Å². The monoisotopic (exact) mass is 366 g/mol. The number of nitrogens with zero attached hydrogens (tertiary/aromatic N) is 2. The second-order valence-electron chi connectivity index (χ2n) is 7.29. The maximum Gasteiger partial charge on any atom is 0.336 e. The predicted molar refractivity (Wildman–Crippen MR) is 106 cm³/mol. The van der Waals surface area contributed by atoms with E-state index in [0.29, 0.717) is 5.58 Å². The number of aryl methyl sites for hydroxylation is 2. The summed E-state index contributed by atoms with van der Waals surface area (Å²) in [5.74, 6) is -0.210. The lowest BCUT2D eigenvalue weighted by Crippen LogP contribution is -2.46. The Morgan fingerprint density at radius 2 is 1.70 bits per heavy atom. The molecule has 5 heteroatoms. The lowest BCUT2D eigenvalue weighted by atomic mass is 10.0. The fraction of sp³-hybridized carbons (Fsp3) is 0.318. The summed E-state index contributed by atoms with van der Waals surface area (Å²) < 4.78 is 18.5. The first kappa shape index (κ1) is 17.7. The van der Waals surface area contributed by atoms with Crippen molar-refractivity contribution in [3.8, 4) is 0 Å². The van der Waals surface area contributed by atoms with Crippen molar-refractivity contribution < 1.29 is 8.81 Å². The highest BCUT2D eigenvalue weighted by atomic mass is 19.1. The zero-order valence-electron chi connectivity index (χ0n) is 15.7. The van der Waals surface area contributed by atoms with E-state index in [1.807, 2.05) is 25.1 Å². The Hall–Kier alpha value is -2.66. The van der Waals surface area contributed by atoms with Crippen LogP contribution in [0.1, 0.15) is 16.7 Å². The van der Waals surface area contributed by atoms with Crippen LogP contribution >= 0.6 is 0 Å². The van der Waals surface area contributed by atoms with Gasteiger partial charge in [0, 0.05) is 49.9 Å². The number of fused-ring (bicyclic) bond motifs is 1. The normalized spacial score (nSPS) is 15.4. The first-order valence-corrected chi connectivity index (χ1v) is 9.26. The van der Waals surface area contributed by atoms with Gasteiger partial charge in [0.15, 0.2) is 0 Å². The molecule has 4 nitrogen and oxygen atoms in total. The Kier molecular flexibility index (Phi) is 4.70. The molecule has 2 heterocycles. The topological polar surface area (TPSA) is 36.7 Å². The third kappa shape index (κ3) is 3.74. The van der Waals surface area contributed by atoms with Crippen molar-refractivity contribution in [3.63, 3.8) is 0 Å². The molecule has 1 aromatic heterocycles. The molecule has 0 saturated carbocycles. The largest absolute Gasteiger partial charge is 0.423 e. The molecule has 1 fully saturated rings. The number of piperazine rings is 1. The number of benzene rings is 2. The van der Waals surface area contributed by atoms with Crippen LogP contribution in [0.2, 0.25) is 0 Å². The van der Waals surface area contributed by atoms with Crippen molar-refractivity contribution in [2.75, 3.05) is 31.1 Å². The highest BCUT2D eigenvalue weighted by Gasteiger charge is 2.19. The molecule has 0 aliphatic carbocycles. The van der Waals surface area contributed by atoms with Gasteiger partial charge in [-0.05, 0) is 60.9 Å². The molecule has 4 rings (SSSR count). The standard InChI is InChI=1S/C22H23FN2O2/c1-15-11-16(2)22-17(13-21(26)27-20(22)12-15)14-24-7-9-25(10-8-24)19-5-3-18(23)4-6-19/h3-6,11-13H,7-10,14H2,1-2H3. The van der Waals surface area contributed by atoms with Crippen LogP contribution < -0.4 is 10.5 Å². The number of hydrogen-bond acceptors (Lipinski definition) is 4. The van der Waals surface area contributed by atoms with Gasteiger partial charge in [0.05, 0.1) is 0 Å². The van der Waals surface area contributed by atoms with E-state index in [4.69, 9.17) is 4.42 Å². The summed E-state index contributed by atoms with van der Waals surface area (Å²) in [5.41, 5.74) is 4.66. The van der Waals surface area contributed by atoms with Crippen molar-refractivity contribution in [2.45, 2.75) is 20.4 Å². The Bertz CT molecular complexity index is 1020. The summed E-state index contributed by atoms with van der Waals surface area (Å²) in [7, 11) is 0. The van der Waals surface area contributed by atoms with Crippen LogP contribution in [0.25, 0.3) is 11.0 Å². The minimum absolute atomic E-state index is 0.210. The van der Waals surface area contributed by atoms with Crippen LogP contribution in [0.4, 0.5) is 10.1 Å². The molecule has 0 unspecified atom stereocenters. The number of halogens is 1. The molecule has 1 aliphatic rings. The summed E-state index contributed by atoms with van der Waals surface area (Å²) in [5, 5.41) is 1.04. The van der Waals surface area contributed by atoms with E-state index < -0.39 is 0 Å². The van der Waals surface area contributed by atoms with Gasteiger partial charge < -0.3 is 9.32 Å². The highest BCUT2D eigenvalue weighted by Crippen LogP contribution is 2.25. The van der Waals surface area contributed by atoms with E-state index in [9.17, 15) is 9.18 Å². The molecule has 3 aromatic rings. The molecule has 0 radical (unpaired) electrons. The van der Waals surface area contributed by atoms with Crippen molar-refractivity contribution >= 4 is 16.7 Å². The molecule has 0 amide bonds. The van der Waals surface area contributed by atoms with E-state index in [-0.39, 0.29) is 11.4 Å². The Morgan fingerprint density at radius 3 is 2.41 bits per heavy atom. The first-order valence-electron chi connectivity index (χ1n) is 9.26. The molecule has 0 N–H and O–H groups in total. The fourth-order valence-corrected chi connectivity index (χ4v) is 3.95. The van der Waals surface area contributed by atoms with Crippen molar-refractivity contribution in [3.05, 3.63) is 75.4 Å². The average molecular weight is 366 g/mol. The Labute approximate surface area is 157 Å². The van der Waals surface area contributed by atoms with Crippen LogP contribution in [0.5, 0.6) is 0 Å². The van der Waals surface area contributed by atoms with Crippen LogP contribution in [0.3, 0.4) is 0 Å². The number of hydrogen-bond donors (Lipinski definition) is 0. The Morgan fingerprint density at radius 1 is 1.00 bits per heavy atom. The smallest absolute Gasteiger partial charge is 0.336 e. The summed E-state index contributed by atoms with van der Waals surface area (Å²) in [6, 6.07) is 12.3. The average Bonchev–Trinajstić information content (AvgIpc) is 2.62. The summed E-state index contributed by atoms with van der Waals surface area (Å²) >= 11 is 0. The minimum Gasteiger partial charge on any atom is -0.423 e. The molecular formula is C22H23FN2O2. The number of rotatable bonds is 3. The summed E-state index contributed by atoms with van der Waals surface area (Å²) in [6.07, 6.45) is 0. The Balaban J connectivity index is 1.52. The van der Waals surface area contributed by atoms with Gasteiger partial charge in [-0.1, -0.05) is 6.07 Å². The van der Waals surface area contributed by atoms with Crippen LogP contribution in [-0.2, 0) is 6.54 Å². The lowest BCUT2D eigenvalue weighted by Gasteiger charge is -2.36. The zero-order chi connectivity index (χ0) is 19.0. The van der Waals surface area contributed by atoms with Gasteiger partial charge in [-0.2, -0.15) is 0 Å². The van der Waals surface area contributed by atoms with Gasteiger partial charge in [-0.25, -0.2) is 9.18 Å². The molecule has 2 aromatic carbocycles. The van der Waals surface area contributed by atoms with Crippen molar-refractivity contribution in [2.24, 2.45) is 0 Å². The van der Waals surface area contributed by atoms with Crippen LogP contribution in [-0.4, -0.2) is 31.1 Å². The molecule has 140 valence electrons. The molecular weight excluding hydrogens is 343 g/mol. The molecule has 0 spiro atoms. The van der Waals surface area contributed by atoms with E-state index >= 15 is 0 Å². The molecule has 0 bridgehead atoms. The number of anilines is 1. The maximum absolute atomic E-state index is 13.1. The maximum atomic E-state index is 13.1. The molecule has 0 atom stereocenters. The van der Waals surface area contributed by atoms with Crippen molar-refractivity contribution in [1.82, 2.24) is 4.90 Å². The first-order chi connectivity index (χ1) is 13.0.